The molecule has 0 bridgehead atoms. The maximum absolute atomic E-state index is 13.1. The van der Waals surface area contributed by atoms with Crippen LogP contribution in [0.5, 0.6) is 5.75 Å². The van der Waals surface area contributed by atoms with Gasteiger partial charge in [0.25, 0.3) is 5.91 Å². The lowest BCUT2D eigenvalue weighted by Crippen LogP contribution is -2.40. The molecule has 1 aromatic heterocycles. The fraction of sp³-hybridized carbons (Fsp3) is 0.400. The summed E-state index contributed by atoms with van der Waals surface area (Å²) in [7, 11) is 0. The van der Waals surface area contributed by atoms with Crippen molar-refractivity contribution in [2.75, 3.05) is 13.1 Å². The molecule has 2 N–H and O–H groups in total. The Morgan fingerprint density at radius 3 is 2.57 bits per heavy atom. The number of aliphatic hydroxyl groups is 1. The van der Waals surface area contributed by atoms with Crippen LogP contribution in [0, 0.1) is 5.92 Å². The van der Waals surface area contributed by atoms with Gasteiger partial charge < -0.3 is 19.7 Å². The largest absolute Gasteiger partial charge is 0.487 e. The van der Waals surface area contributed by atoms with E-state index in [1.165, 1.54) is 0 Å². The monoisotopic (exact) mass is 406 g/mol. The summed E-state index contributed by atoms with van der Waals surface area (Å²) in [6.45, 7) is 5.65. The van der Waals surface area contributed by atoms with Crippen molar-refractivity contribution in [1.29, 1.82) is 0 Å². The summed E-state index contributed by atoms with van der Waals surface area (Å²) >= 11 is 0. The molecule has 2 aromatic carbocycles. The summed E-state index contributed by atoms with van der Waals surface area (Å²) in [5.74, 6) is 1.25. The number of rotatable bonds is 6. The van der Waals surface area contributed by atoms with Gasteiger partial charge in [0.05, 0.1) is 11.1 Å². The van der Waals surface area contributed by atoms with E-state index in [0.29, 0.717) is 18.2 Å². The van der Waals surface area contributed by atoms with Crippen LogP contribution in [0.3, 0.4) is 0 Å². The van der Waals surface area contributed by atoms with Crippen molar-refractivity contribution in [2.45, 2.75) is 45.3 Å². The zero-order chi connectivity index (χ0) is 21.1. The molecule has 3 aromatic rings. The fourth-order valence-corrected chi connectivity index (χ4v) is 4.32. The fourth-order valence-electron chi connectivity index (χ4n) is 4.32. The molecule has 30 heavy (non-hydrogen) atoms. The normalized spacial score (nSPS) is 15.5. The molecule has 5 heteroatoms. The first kappa shape index (κ1) is 20.5. The number of ether oxygens (including phenoxy) is 1. The predicted molar refractivity (Wildman–Crippen MR) is 119 cm³/mol. The SMILES string of the molecule is CC(C)(O)CC1CCN(C(=O)c2cc3cccc(OCc4ccccc4)c3[nH]2)CC1. The standard InChI is InChI=1S/C25H30N2O3/c1-25(2,29)16-18-11-13-27(14-12-18)24(28)21-15-20-9-6-10-22(23(20)26-21)30-17-19-7-4-3-5-8-19/h3-10,15,18,26,29H,11-14,16-17H2,1-2H3. The number of aromatic nitrogens is 1. The van der Waals surface area contributed by atoms with E-state index >= 15 is 0 Å². The van der Waals surface area contributed by atoms with E-state index in [-0.39, 0.29) is 5.91 Å². The van der Waals surface area contributed by atoms with Gasteiger partial charge in [0, 0.05) is 18.5 Å². The first-order chi connectivity index (χ1) is 14.4. The van der Waals surface area contributed by atoms with Crippen molar-refractivity contribution in [3.05, 3.63) is 65.9 Å². The van der Waals surface area contributed by atoms with Crippen LogP contribution in [0.15, 0.2) is 54.6 Å². The van der Waals surface area contributed by atoms with Crippen LogP contribution >= 0.6 is 0 Å². The number of aromatic amines is 1. The minimum absolute atomic E-state index is 0.0296. The van der Waals surface area contributed by atoms with Crippen LogP contribution in [0.4, 0.5) is 0 Å². The van der Waals surface area contributed by atoms with E-state index in [0.717, 1.165) is 54.6 Å². The van der Waals surface area contributed by atoms with Gasteiger partial charge in [-0.1, -0.05) is 42.5 Å². The number of carbonyl (C=O) groups is 1. The maximum atomic E-state index is 13.1. The van der Waals surface area contributed by atoms with Gasteiger partial charge in [0.15, 0.2) is 0 Å². The lowest BCUT2D eigenvalue weighted by Gasteiger charge is -2.34. The molecule has 2 heterocycles. The zero-order valence-corrected chi connectivity index (χ0v) is 17.7. The van der Waals surface area contributed by atoms with Gasteiger partial charge in [0.1, 0.15) is 18.1 Å². The molecular formula is C25H30N2O3. The van der Waals surface area contributed by atoms with Crippen LogP contribution in [0.2, 0.25) is 0 Å². The van der Waals surface area contributed by atoms with Crippen molar-refractivity contribution < 1.29 is 14.6 Å². The molecule has 0 saturated carbocycles. The quantitative estimate of drug-likeness (QED) is 0.620. The Labute approximate surface area is 177 Å². The number of hydrogen-bond acceptors (Lipinski definition) is 3. The van der Waals surface area contributed by atoms with E-state index in [2.05, 4.69) is 4.98 Å². The number of hydrogen-bond donors (Lipinski definition) is 2. The molecular weight excluding hydrogens is 376 g/mol. The number of amides is 1. The second-order valence-corrected chi connectivity index (χ2v) is 8.93. The molecule has 4 rings (SSSR count). The summed E-state index contributed by atoms with van der Waals surface area (Å²) in [4.78, 5) is 18.3. The van der Waals surface area contributed by atoms with Gasteiger partial charge in [-0.3, -0.25) is 4.79 Å². The minimum Gasteiger partial charge on any atom is -0.487 e. The molecule has 1 aliphatic rings. The second-order valence-electron chi connectivity index (χ2n) is 8.93. The number of nitrogens with one attached hydrogen (secondary N) is 1. The lowest BCUT2D eigenvalue weighted by molar-refractivity contribution is 0.0357. The number of fused-ring (bicyclic) bond motifs is 1. The van der Waals surface area contributed by atoms with Gasteiger partial charge in [-0.05, 0) is 56.7 Å². The van der Waals surface area contributed by atoms with Crippen LogP contribution in [0.1, 0.15) is 49.2 Å². The first-order valence-corrected chi connectivity index (χ1v) is 10.7. The molecule has 1 aliphatic heterocycles. The van der Waals surface area contributed by atoms with Crippen LogP contribution in [0.25, 0.3) is 10.9 Å². The number of para-hydroxylation sites is 1. The van der Waals surface area contributed by atoms with Crippen molar-refractivity contribution in [3.8, 4) is 5.75 Å². The Bertz CT molecular complexity index is 996. The van der Waals surface area contributed by atoms with Crippen LogP contribution < -0.4 is 4.74 Å². The number of piperidine rings is 1. The third-order valence-corrected chi connectivity index (χ3v) is 5.78. The highest BCUT2D eigenvalue weighted by molar-refractivity contribution is 5.99. The third kappa shape index (κ3) is 4.85. The van der Waals surface area contributed by atoms with E-state index in [9.17, 15) is 9.90 Å². The van der Waals surface area contributed by atoms with Gasteiger partial charge in [0.2, 0.25) is 0 Å². The van der Waals surface area contributed by atoms with Crippen LogP contribution in [-0.2, 0) is 6.61 Å². The molecule has 0 unspecified atom stereocenters. The Hall–Kier alpha value is -2.79. The lowest BCUT2D eigenvalue weighted by atomic mass is 9.86. The molecule has 1 saturated heterocycles. The molecule has 1 amide bonds. The summed E-state index contributed by atoms with van der Waals surface area (Å²) < 4.78 is 6.02. The van der Waals surface area contributed by atoms with Crippen molar-refractivity contribution in [2.24, 2.45) is 5.92 Å². The number of benzene rings is 2. The number of H-pyrrole nitrogens is 1. The van der Waals surface area contributed by atoms with E-state index in [4.69, 9.17) is 4.74 Å². The molecule has 158 valence electrons. The molecule has 0 spiro atoms. The Balaban J connectivity index is 1.44. The Morgan fingerprint density at radius 1 is 1.13 bits per heavy atom. The maximum Gasteiger partial charge on any atom is 0.270 e. The van der Waals surface area contributed by atoms with Crippen molar-refractivity contribution >= 4 is 16.8 Å². The summed E-state index contributed by atoms with van der Waals surface area (Å²) in [6, 6.07) is 17.8. The topological polar surface area (TPSA) is 65.6 Å². The molecule has 5 nitrogen and oxygen atoms in total. The van der Waals surface area contributed by atoms with Crippen molar-refractivity contribution in [1.82, 2.24) is 9.88 Å². The van der Waals surface area contributed by atoms with Gasteiger partial charge >= 0.3 is 0 Å². The van der Waals surface area contributed by atoms with Crippen molar-refractivity contribution in [3.63, 3.8) is 0 Å². The minimum atomic E-state index is -0.649. The van der Waals surface area contributed by atoms with Gasteiger partial charge in [-0.15, -0.1) is 0 Å². The number of nitrogens with zero attached hydrogens (tertiary/aromatic N) is 1. The van der Waals surface area contributed by atoms with E-state index in [1.807, 2.05) is 73.3 Å². The Morgan fingerprint density at radius 2 is 1.87 bits per heavy atom. The number of likely N-dealkylation sites (tertiary alicyclic amines) is 1. The van der Waals surface area contributed by atoms with Crippen LogP contribution in [-0.4, -0.2) is 39.6 Å². The second kappa shape index (κ2) is 8.52. The summed E-state index contributed by atoms with van der Waals surface area (Å²) in [6.07, 6.45) is 2.65. The average molecular weight is 407 g/mol. The molecule has 0 atom stereocenters. The van der Waals surface area contributed by atoms with E-state index < -0.39 is 5.60 Å². The summed E-state index contributed by atoms with van der Waals surface area (Å²) in [5, 5.41) is 11.0. The zero-order valence-electron chi connectivity index (χ0n) is 17.7. The average Bonchev–Trinajstić information content (AvgIpc) is 3.17. The third-order valence-electron chi connectivity index (χ3n) is 5.78. The number of carbonyl (C=O) groups excluding carboxylic acids is 1. The molecule has 0 radical (unpaired) electrons. The van der Waals surface area contributed by atoms with E-state index in [1.54, 1.807) is 0 Å². The highest BCUT2D eigenvalue weighted by Gasteiger charge is 2.28. The van der Waals surface area contributed by atoms with Gasteiger partial charge in [-0.2, -0.15) is 0 Å². The molecule has 0 aliphatic carbocycles. The smallest absolute Gasteiger partial charge is 0.270 e. The Kier molecular flexibility index (Phi) is 5.82. The molecule has 1 fully saturated rings. The highest BCUT2D eigenvalue weighted by Crippen LogP contribution is 2.29. The first-order valence-electron chi connectivity index (χ1n) is 10.7. The highest BCUT2D eigenvalue weighted by atomic mass is 16.5. The predicted octanol–water partition coefficient (Wildman–Crippen LogP) is 4.76. The van der Waals surface area contributed by atoms with Gasteiger partial charge in [-0.25, -0.2) is 0 Å². The summed E-state index contributed by atoms with van der Waals surface area (Å²) in [5.41, 5.74) is 1.91.